The van der Waals surface area contributed by atoms with E-state index in [1.807, 2.05) is 49.7 Å². The minimum absolute atomic E-state index is 0.00297. The molecule has 0 unspecified atom stereocenters. The largest absolute Gasteiger partial charge is 0.360 e. The van der Waals surface area contributed by atoms with Crippen molar-refractivity contribution in [3.05, 3.63) is 30.5 Å². The molecule has 0 saturated heterocycles. The van der Waals surface area contributed by atoms with E-state index in [1.165, 1.54) is 11.8 Å². The van der Waals surface area contributed by atoms with Crippen LogP contribution in [0.25, 0.3) is 22.3 Å². The van der Waals surface area contributed by atoms with Crippen LogP contribution in [-0.2, 0) is 11.3 Å². The van der Waals surface area contributed by atoms with E-state index in [9.17, 15) is 4.79 Å². The lowest BCUT2D eigenvalue weighted by atomic mass is 10.1. The van der Waals surface area contributed by atoms with Crippen LogP contribution in [0.15, 0.2) is 35.6 Å². The number of hydrogen-bond acceptors (Lipinski definition) is 4. The summed E-state index contributed by atoms with van der Waals surface area (Å²) in [6, 6.07) is 8.12. The second-order valence-electron chi connectivity index (χ2n) is 6.89. The lowest BCUT2D eigenvalue weighted by molar-refractivity contribution is -0.119. The van der Waals surface area contributed by atoms with Crippen LogP contribution in [0.3, 0.4) is 0 Å². The van der Waals surface area contributed by atoms with Gasteiger partial charge < -0.3 is 14.9 Å². The average Bonchev–Trinajstić information content (AvgIpc) is 3.14. The van der Waals surface area contributed by atoms with E-state index in [0.717, 1.165) is 34.0 Å². The lowest BCUT2D eigenvalue weighted by Crippen LogP contribution is -2.41. The summed E-state index contributed by atoms with van der Waals surface area (Å²) in [7, 11) is 0. The summed E-state index contributed by atoms with van der Waals surface area (Å²) in [6.07, 6.45) is 1.96. The molecule has 1 aromatic carbocycles. The Bertz CT molecular complexity index is 890. The van der Waals surface area contributed by atoms with E-state index >= 15 is 0 Å². The Morgan fingerprint density at radius 3 is 2.76 bits per heavy atom. The van der Waals surface area contributed by atoms with Crippen molar-refractivity contribution in [2.45, 2.75) is 44.9 Å². The molecule has 3 rings (SSSR count). The predicted molar refractivity (Wildman–Crippen MR) is 102 cm³/mol. The molecule has 6 nitrogen and oxygen atoms in total. The molecule has 7 heteroatoms. The Balaban J connectivity index is 1.83. The number of nitrogens with one attached hydrogen (secondary N) is 2. The number of rotatable bonds is 5. The van der Waals surface area contributed by atoms with Gasteiger partial charge in [0.1, 0.15) is 0 Å². The predicted octanol–water partition coefficient (Wildman–Crippen LogP) is 3.45. The number of H-pyrrole nitrogens is 1. The van der Waals surface area contributed by atoms with Crippen molar-refractivity contribution >= 4 is 28.6 Å². The fourth-order valence-corrected chi connectivity index (χ4v) is 3.52. The summed E-state index contributed by atoms with van der Waals surface area (Å²) in [4.78, 5) is 15.3. The van der Waals surface area contributed by atoms with Crippen LogP contribution in [0.1, 0.15) is 27.7 Å². The van der Waals surface area contributed by atoms with Crippen molar-refractivity contribution in [1.29, 1.82) is 0 Å². The molecule has 0 fully saturated rings. The van der Waals surface area contributed by atoms with Crippen LogP contribution < -0.4 is 5.32 Å². The molecule has 3 aromatic rings. The molecule has 2 N–H and O–H groups in total. The Morgan fingerprint density at radius 2 is 2.04 bits per heavy atom. The van der Waals surface area contributed by atoms with E-state index in [1.54, 1.807) is 0 Å². The van der Waals surface area contributed by atoms with Crippen LogP contribution in [0, 0.1) is 0 Å². The summed E-state index contributed by atoms with van der Waals surface area (Å²) >= 11 is 1.41. The monoisotopic (exact) mass is 357 g/mol. The second-order valence-corrected chi connectivity index (χ2v) is 7.83. The number of aromatic amines is 1. The van der Waals surface area contributed by atoms with Crippen molar-refractivity contribution in [3.8, 4) is 11.4 Å². The van der Waals surface area contributed by atoms with Crippen LogP contribution >= 0.6 is 11.8 Å². The highest BCUT2D eigenvalue weighted by molar-refractivity contribution is 7.99. The van der Waals surface area contributed by atoms with Gasteiger partial charge >= 0.3 is 0 Å². The summed E-state index contributed by atoms with van der Waals surface area (Å²) in [5, 5.41) is 13.5. The number of benzene rings is 1. The van der Waals surface area contributed by atoms with Gasteiger partial charge in [-0.05, 0) is 33.8 Å². The maximum absolute atomic E-state index is 12.0. The minimum Gasteiger partial charge on any atom is -0.360 e. The Labute approximate surface area is 151 Å². The molecule has 0 atom stereocenters. The van der Waals surface area contributed by atoms with Gasteiger partial charge in [0.05, 0.1) is 5.75 Å². The molecule has 0 spiro atoms. The average molecular weight is 357 g/mol. The molecule has 0 radical (unpaired) electrons. The third-order valence-electron chi connectivity index (χ3n) is 3.71. The third-order valence-corrected chi connectivity index (χ3v) is 4.68. The number of nitrogens with zero attached hydrogens (tertiary/aromatic N) is 3. The van der Waals surface area contributed by atoms with Crippen LogP contribution in [0.4, 0.5) is 0 Å². The fourth-order valence-electron chi connectivity index (χ4n) is 2.72. The fraction of sp³-hybridized carbons (Fsp3) is 0.389. The van der Waals surface area contributed by atoms with Crippen molar-refractivity contribution < 1.29 is 4.79 Å². The molecule has 0 aliphatic heterocycles. The number of hydrogen-bond donors (Lipinski definition) is 2. The van der Waals surface area contributed by atoms with E-state index in [2.05, 4.69) is 33.5 Å². The number of thioether (sulfide) groups is 1. The molecule has 132 valence electrons. The molecular formula is C18H23N5OS. The molecule has 2 aromatic heterocycles. The van der Waals surface area contributed by atoms with Gasteiger partial charge in [0.2, 0.25) is 5.91 Å². The van der Waals surface area contributed by atoms with Gasteiger partial charge in [0, 0.05) is 34.7 Å². The zero-order chi connectivity index (χ0) is 18.0. The molecule has 1 amide bonds. The van der Waals surface area contributed by atoms with E-state index in [0.29, 0.717) is 5.75 Å². The Hall–Kier alpha value is -2.28. The highest BCUT2D eigenvalue weighted by Crippen LogP contribution is 2.29. The topological polar surface area (TPSA) is 75.6 Å². The first-order chi connectivity index (χ1) is 11.9. The molecular weight excluding hydrogens is 334 g/mol. The first-order valence-electron chi connectivity index (χ1n) is 8.32. The summed E-state index contributed by atoms with van der Waals surface area (Å²) in [5.74, 6) is 1.14. The zero-order valence-corrected chi connectivity index (χ0v) is 15.8. The Morgan fingerprint density at radius 1 is 1.28 bits per heavy atom. The van der Waals surface area contributed by atoms with Crippen molar-refractivity contribution in [1.82, 2.24) is 25.1 Å². The van der Waals surface area contributed by atoms with Gasteiger partial charge in [-0.15, -0.1) is 10.2 Å². The summed E-state index contributed by atoms with van der Waals surface area (Å²) in [5.41, 5.74) is 1.86. The second kappa shape index (κ2) is 6.92. The van der Waals surface area contributed by atoms with Crippen molar-refractivity contribution in [2.24, 2.45) is 0 Å². The number of carbonyl (C=O) groups is 1. The van der Waals surface area contributed by atoms with E-state index < -0.39 is 0 Å². The summed E-state index contributed by atoms with van der Waals surface area (Å²) < 4.78 is 2.05. The molecule has 0 aliphatic rings. The first kappa shape index (κ1) is 17.5. The SMILES string of the molecule is CCn1c(SCC(=O)NC(C)(C)C)nnc1-c1c[nH]c2ccccc12. The molecule has 25 heavy (non-hydrogen) atoms. The van der Waals surface area contributed by atoms with Gasteiger partial charge in [0.25, 0.3) is 0 Å². The molecule has 0 bridgehead atoms. The summed E-state index contributed by atoms with van der Waals surface area (Å²) in [6.45, 7) is 8.71. The van der Waals surface area contributed by atoms with Crippen molar-refractivity contribution in [2.75, 3.05) is 5.75 Å². The minimum atomic E-state index is -0.231. The smallest absolute Gasteiger partial charge is 0.230 e. The van der Waals surface area contributed by atoms with Gasteiger partial charge in [-0.3, -0.25) is 4.79 Å². The number of amides is 1. The molecule has 0 aliphatic carbocycles. The normalized spacial score (nSPS) is 11.8. The van der Waals surface area contributed by atoms with Gasteiger partial charge in [-0.25, -0.2) is 0 Å². The van der Waals surface area contributed by atoms with E-state index in [-0.39, 0.29) is 11.4 Å². The lowest BCUT2D eigenvalue weighted by Gasteiger charge is -2.20. The third kappa shape index (κ3) is 3.87. The Kier molecular flexibility index (Phi) is 4.85. The van der Waals surface area contributed by atoms with Crippen molar-refractivity contribution in [3.63, 3.8) is 0 Å². The number of fused-ring (bicyclic) bond motifs is 1. The molecule has 2 heterocycles. The number of carbonyl (C=O) groups excluding carboxylic acids is 1. The van der Waals surface area contributed by atoms with Crippen LogP contribution in [0.5, 0.6) is 0 Å². The zero-order valence-electron chi connectivity index (χ0n) is 15.0. The van der Waals surface area contributed by atoms with Gasteiger partial charge in [-0.1, -0.05) is 30.0 Å². The highest BCUT2D eigenvalue weighted by atomic mass is 32.2. The number of aromatic nitrogens is 4. The van der Waals surface area contributed by atoms with Gasteiger partial charge in [-0.2, -0.15) is 0 Å². The van der Waals surface area contributed by atoms with E-state index in [4.69, 9.17) is 0 Å². The maximum atomic E-state index is 12.0. The number of para-hydroxylation sites is 1. The molecule has 0 saturated carbocycles. The van der Waals surface area contributed by atoms with Gasteiger partial charge in [0.15, 0.2) is 11.0 Å². The quantitative estimate of drug-likeness (QED) is 0.686. The maximum Gasteiger partial charge on any atom is 0.230 e. The standard InChI is InChI=1S/C18H23N5OS/c1-5-23-16(13-10-19-14-9-7-6-8-12(13)14)21-22-17(23)25-11-15(24)20-18(2,3)4/h6-10,19H,5,11H2,1-4H3,(H,20,24). The van der Waals surface area contributed by atoms with Crippen LogP contribution in [0.2, 0.25) is 0 Å². The van der Waals surface area contributed by atoms with Crippen LogP contribution in [-0.4, -0.2) is 36.9 Å². The first-order valence-corrected chi connectivity index (χ1v) is 9.31. The highest BCUT2D eigenvalue weighted by Gasteiger charge is 2.18.